The van der Waals surface area contributed by atoms with Crippen LogP contribution in [0.2, 0.25) is 0 Å². The van der Waals surface area contributed by atoms with Crippen LogP contribution >= 0.6 is 0 Å². The zero-order valence-electron chi connectivity index (χ0n) is 17.1. The van der Waals surface area contributed by atoms with Gasteiger partial charge < -0.3 is 10.3 Å². The summed E-state index contributed by atoms with van der Waals surface area (Å²) >= 11 is 0. The Morgan fingerprint density at radius 3 is 2.58 bits per heavy atom. The number of hydrogen-bond donors (Lipinski definition) is 2. The minimum Gasteiger partial charge on any atom is -0.311 e. The molecule has 0 aliphatic heterocycles. The second-order valence-electron chi connectivity index (χ2n) is 7.12. The topological polar surface area (TPSA) is 106 Å². The highest BCUT2D eigenvalue weighted by atomic mass is 16.1. The summed E-state index contributed by atoms with van der Waals surface area (Å²) in [6.45, 7) is 2.34. The summed E-state index contributed by atoms with van der Waals surface area (Å²) in [5.74, 6) is 0.917. The summed E-state index contributed by atoms with van der Waals surface area (Å²) in [5.41, 5.74) is 2.75. The van der Waals surface area contributed by atoms with E-state index in [2.05, 4.69) is 25.4 Å². The summed E-state index contributed by atoms with van der Waals surface area (Å²) < 4.78 is 1.73. The molecule has 0 bridgehead atoms. The molecule has 0 aliphatic rings. The molecule has 0 saturated carbocycles. The zero-order chi connectivity index (χ0) is 21.6. The van der Waals surface area contributed by atoms with Gasteiger partial charge in [-0.15, -0.1) is 0 Å². The normalized spacial score (nSPS) is 10.7. The van der Waals surface area contributed by atoms with Gasteiger partial charge in [0.1, 0.15) is 11.6 Å². The predicted molar refractivity (Wildman–Crippen MR) is 118 cm³/mol. The Morgan fingerprint density at radius 2 is 1.84 bits per heavy atom. The van der Waals surface area contributed by atoms with Crippen molar-refractivity contribution in [3.63, 3.8) is 0 Å². The van der Waals surface area contributed by atoms with E-state index < -0.39 is 0 Å². The lowest BCUT2D eigenvalue weighted by molar-refractivity contribution is -0.116. The Labute approximate surface area is 179 Å². The van der Waals surface area contributed by atoms with E-state index in [9.17, 15) is 9.59 Å². The van der Waals surface area contributed by atoms with Crippen LogP contribution in [0.15, 0.2) is 71.9 Å². The van der Waals surface area contributed by atoms with Crippen molar-refractivity contribution in [1.29, 1.82) is 0 Å². The number of aryl methyl sites for hydroxylation is 1. The number of nitrogens with zero attached hydrogens (tertiary/aromatic N) is 4. The summed E-state index contributed by atoms with van der Waals surface area (Å²) in [4.78, 5) is 36.3. The molecule has 156 valence electrons. The highest BCUT2D eigenvalue weighted by Gasteiger charge is 2.13. The van der Waals surface area contributed by atoms with Gasteiger partial charge in [-0.3, -0.25) is 14.6 Å². The number of nitrogens with one attached hydrogen (secondary N) is 2. The molecule has 8 heteroatoms. The smallest absolute Gasteiger partial charge is 0.254 e. The number of H-pyrrole nitrogens is 1. The van der Waals surface area contributed by atoms with Crippen LogP contribution in [0.4, 0.5) is 5.82 Å². The van der Waals surface area contributed by atoms with Gasteiger partial charge in [-0.1, -0.05) is 30.3 Å². The van der Waals surface area contributed by atoms with Gasteiger partial charge in [0.2, 0.25) is 5.91 Å². The Hall–Kier alpha value is -4.07. The average molecular weight is 414 g/mol. The number of pyridine rings is 1. The van der Waals surface area contributed by atoms with Crippen LogP contribution in [-0.4, -0.2) is 30.6 Å². The van der Waals surface area contributed by atoms with E-state index in [1.807, 2.05) is 30.3 Å². The first kappa shape index (κ1) is 20.2. The highest BCUT2D eigenvalue weighted by molar-refractivity contribution is 5.90. The average Bonchev–Trinajstić information content (AvgIpc) is 3.20. The maximum absolute atomic E-state index is 12.6. The van der Waals surface area contributed by atoms with Gasteiger partial charge in [0, 0.05) is 41.7 Å². The van der Waals surface area contributed by atoms with Gasteiger partial charge >= 0.3 is 0 Å². The summed E-state index contributed by atoms with van der Waals surface area (Å²) in [5, 5.41) is 7.16. The Balaban J connectivity index is 1.41. The lowest BCUT2D eigenvalue weighted by Gasteiger charge is -2.10. The van der Waals surface area contributed by atoms with Crippen molar-refractivity contribution in [3.05, 3.63) is 94.3 Å². The zero-order valence-corrected chi connectivity index (χ0v) is 17.1. The molecule has 3 heterocycles. The van der Waals surface area contributed by atoms with Crippen LogP contribution in [0, 0.1) is 6.92 Å². The minimum absolute atomic E-state index is 0.163. The van der Waals surface area contributed by atoms with Gasteiger partial charge in [-0.25, -0.2) is 9.67 Å². The first-order chi connectivity index (χ1) is 15.1. The van der Waals surface area contributed by atoms with E-state index in [1.54, 1.807) is 48.4 Å². The molecular formula is C23H22N6O2. The van der Waals surface area contributed by atoms with E-state index in [-0.39, 0.29) is 17.9 Å². The molecule has 4 rings (SSSR count). The van der Waals surface area contributed by atoms with Crippen molar-refractivity contribution in [3.8, 4) is 11.4 Å². The van der Waals surface area contributed by atoms with Crippen molar-refractivity contribution in [2.75, 3.05) is 5.32 Å². The van der Waals surface area contributed by atoms with Crippen molar-refractivity contribution < 1.29 is 4.79 Å². The number of amides is 1. The molecule has 2 N–H and O–H groups in total. The molecule has 0 atom stereocenters. The third kappa shape index (κ3) is 4.92. The van der Waals surface area contributed by atoms with E-state index >= 15 is 0 Å². The fourth-order valence-electron chi connectivity index (χ4n) is 3.32. The predicted octanol–water partition coefficient (Wildman–Crippen LogP) is 2.96. The van der Waals surface area contributed by atoms with Crippen molar-refractivity contribution >= 4 is 11.7 Å². The number of benzene rings is 1. The summed E-state index contributed by atoms with van der Waals surface area (Å²) in [7, 11) is 0. The van der Waals surface area contributed by atoms with E-state index in [0.29, 0.717) is 35.9 Å². The van der Waals surface area contributed by atoms with Crippen LogP contribution in [0.5, 0.6) is 0 Å². The first-order valence-corrected chi connectivity index (χ1v) is 9.96. The van der Waals surface area contributed by atoms with E-state index in [0.717, 1.165) is 11.1 Å². The maximum Gasteiger partial charge on any atom is 0.254 e. The lowest BCUT2D eigenvalue weighted by Crippen LogP contribution is -2.21. The molecule has 0 radical (unpaired) electrons. The molecule has 31 heavy (non-hydrogen) atoms. The Kier molecular flexibility index (Phi) is 5.98. The molecule has 0 fully saturated rings. The fraction of sp³-hybridized carbons (Fsp3) is 0.174. The van der Waals surface area contributed by atoms with Crippen LogP contribution < -0.4 is 10.9 Å². The maximum atomic E-state index is 12.6. The van der Waals surface area contributed by atoms with Crippen LogP contribution in [0.3, 0.4) is 0 Å². The Morgan fingerprint density at radius 1 is 1.06 bits per heavy atom. The molecule has 0 unspecified atom stereocenters. The molecule has 8 nitrogen and oxygen atoms in total. The standard InChI is InChI=1S/C23H22N6O2/c1-16-19(23(31)28-22(26-16)18-9-12-24-13-10-18)7-8-21(30)27-20-11-14-25-29(20)15-17-5-3-2-4-6-17/h2-6,9-14H,7-8,15H2,1H3,(H,27,30)(H,26,28,31). The van der Waals surface area contributed by atoms with Gasteiger partial charge in [0.05, 0.1) is 12.7 Å². The number of aromatic nitrogens is 5. The van der Waals surface area contributed by atoms with Gasteiger partial charge in [0.25, 0.3) is 5.56 Å². The summed E-state index contributed by atoms with van der Waals surface area (Å²) in [6, 6.07) is 15.2. The monoisotopic (exact) mass is 414 g/mol. The van der Waals surface area contributed by atoms with Gasteiger partial charge in [0.15, 0.2) is 0 Å². The Bertz CT molecular complexity index is 1230. The van der Waals surface area contributed by atoms with Crippen molar-refractivity contribution in [2.45, 2.75) is 26.3 Å². The quantitative estimate of drug-likeness (QED) is 0.484. The molecule has 1 amide bonds. The van der Waals surface area contributed by atoms with Gasteiger partial charge in [-0.2, -0.15) is 5.10 Å². The second kappa shape index (κ2) is 9.17. The van der Waals surface area contributed by atoms with Crippen molar-refractivity contribution in [1.82, 2.24) is 24.7 Å². The van der Waals surface area contributed by atoms with E-state index in [1.165, 1.54) is 0 Å². The SMILES string of the molecule is Cc1nc(-c2ccncc2)[nH]c(=O)c1CCC(=O)Nc1ccnn1Cc1ccccc1. The fourth-order valence-corrected chi connectivity index (χ4v) is 3.32. The molecule has 0 aliphatic carbocycles. The molecule has 0 spiro atoms. The van der Waals surface area contributed by atoms with Crippen LogP contribution in [-0.2, 0) is 17.8 Å². The largest absolute Gasteiger partial charge is 0.311 e. The molecule has 3 aromatic heterocycles. The lowest BCUT2D eigenvalue weighted by atomic mass is 10.1. The highest BCUT2D eigenvalue weighted by Crippen LogP contribution is 2.14. The molecule has 1 aromatic carbocycles. The molecule has 4 aromatic rings. The third-order valence-electron chi connectivity index (χ3n) is 4.94. The summed E-state index contributed by atoms with van der Waals surface area (Å²) in [6.07, 6.45) is 5.39. The number of rotatable bonds is 7. The molecular weight excluding hydrogens is 392 g/mol. The number of anilines is 1. The number of hydrogen-bond acceptors (Lipinski definition) is 5. The first-order valence-electron chi connectivity index (χ1n) is 9.96. The number of carbonyl (C=O) groups excluding carboxylic acids is 1. The van der Waals surface area contributed by atoms with Crippen LogP contribution in [0.25, 0.3) is 11.4 Å². The van der Waals surface area contributed by atoms with Gasteiger partial charge in [-0.05, 0) is 31.0 Å². The van der Waals surface area contributed by atoms with Crippen LogP contribution in [0.1, 0.15) is 23.2 Å². The number of carbonyl (C=O) groups is 1. The number of aromatic amines is 1. The minimum atomic E-state index is -0.235. The third-order valence-corrected chi connectivity index (χ3v) is 4.94. The second-order valence-corrected chi connectivity index (χ2v) is 7.12. The molecule has 0 saturated heterocycles. The van der Waals surface area contributed by atoms with E-state index in [4.69, 9.17) is 0 Å². The van der Waals surface area contributed by atoms with Crippen molar-refractivity contribution in [2.24, 2.45) is 0 Å².